The monoisotopic (exact) mass is 276 g/mol. The van der Waals surface area contributed by atoms with Gasteiger partial charge < -0.3 is 10.1 Å². The third-order valence-corrected chi connectivity index (χ3v) is 3.24. The largest absolute Gasteiger partial charge is 0.496 e. The van der Waals surface area contributed by atoms with Crippen LogP contribution in [0.25, 0.3) is 0 Å². The van der Waals surface area contributed by atoms with Crippen molar-refractivity contribution in [1.82, 2.24) is 10.3 Å². The highest BCUT2D eigenvalue weighted by atomic mass is 35.5. The summed E-state index contributed by atoms with van der Waals surface area (Å²) in [6.07, 6.45) is 2.71. The van der Waals surface area contributed by atoms with Gasteiger partial charge in [0.15, 0.2) is 0 Å². The smallest absolute Gasteiger partial charge is 0.124 e. The molecular weight excluding hydrogens is 260 g/mol. The van der Waals surface area contributed by atoms with E-state index >= 15 is 0 Å². The Balaban J connectivity index is 1.86. The number of nitrogens with one attached hydrogen (secondary N) is 1. The molecule has 0 bridgehead atoms. The lowest BCUT2D eigenvalue weighted by Gasteiger charge is -2.11. The molecule has 0 radical (unpaired) electrons. The van der Waals surface area contributed by atoms with Crippen LogP contribution in [0.3, 0.4) is 0 Å². The molecule has 0 unspecified atom stereocenters. The number of ether oxygens (including phenoxy) is 1. The Hall–Kier alpha value is -1.58. The quantitative estimate of drug-likeness (QED) is 0.824. The molecule has 0 amide bonds. The topological polar surface area (TPSA) is 34.1 Å². The summed E-state index contributed by atoms with van der Waals surface area (Å²) >= 11 is 6.17. The summed E-state index contributed by atoms with van der Waals surface area (Å²) in [4.78, 5) is 4.28. The van der Waals surface area contributed by atoms with E-state index in [0.717, 1.165) is 35.0 Å². The number of rotatable bonds is 6. The molecule has 1 N–H and O–H groups in total. The van der Waals surface area contributed by atoms with Crippen molar-refractivity contribution in [3.8, 4) is 5.75 Å². The zero-order chi connectivity index (χ0) is 13.5. The van der Waals surface area contributed by atoms with Crippen molar-refractivity contribution >= 4 is 11.6 Å². The molecule has 0 aliphatic carbocycles. The third kappa shape index (κ3) is 3.94. The summed E-state index contributed by atoms with van der Waals surface area (Å²) in [7, 11) is 1.66. The second kappa shape index (κ2) is 7.12. The third-order valence-electron chi connectivity index (χ3n) is 2.88. The van der Waals surface area contributed by atoms with E-state index < -0.39 is 0 Å². The minimum Gasteiger partial charge on any atom is -0.496 e. The average molecular weight is 277 g/mol. The van der Waals surface area contributed by atoms with Gasteiger partial charge in [0.2, 0.25) is 0 Å². The van der Waals surface area contributed by atoms with Gasteiger partial charge in [0.25, 0.3) is 0 Å². The first-order valence-electron chi connectivity index (χ1n) is 6.23. The second-order valence-corrected chi connectivity index (χ2v) is 4.58. The van der Waals surface area contributed by atoms with Gasteiger partial charge in [-0.15, -0.1) is 0 Å². The Kier molecular flexibility index (Phi) is 5.19. The lowest BCUT2D eigenvalue weighted by molar-refractivity contribution is 0.408. The number of nitrogens with zero attached hydrogens (tertiary/aromatic N) is 1. The Morgan fingerprint density at radius 3 is 2.84 bits per heavy atom. The lowest BCUT2D eigenvalue weighted by Crippen LogP contribution is -2.17. The molecule has 0 aliphatic heterocycles. The summed E-state index contributed by atoms with van der Waals surface area (Å²) in [5.74, 6) is 0.817. The number of aromatic nitrogens is 1. The molecule has 1 aromatic heterocycles. The Bertz CT molecular complexity index is 517. The molecule has 0 fully saturated rings. The fourth-order valence-electron chi connectivity index (χ4n) is 1.88. The second-order valence-electron chi connectivity index (χ2n) is 4.17. The molecule has 0 spiro atoms. The molecule has 100 valence electrons. The molecule has 2 rings (SSSR count). The minimum atomic E-state index is 0.690. The molecule has 0 saturated carbocycles. The Labute approximate surface area is 118 Å². The van der Waals surface area contributed by atoms with Crippen LogP contribution in [-0.2, 0) is 13.0 Å². The fraction of sp³-hybridized carbons (Fsp3) is 0.267. The zero-order valence-corrected chi connectivity index (χ0v) is 11.7. The van der Waals surface area contributed by atoms with Crippen molar-refractivity contribution < 1.29 is 4.74 Å². The van der Waals surface area contributed by atoms with Gasteiger partial charge in [0.05, 0.1) is 7.11 Å². The van der Waals surface area contributed by atoms with E-state index in [0.29, 0.717) is 6.54 Å². The van der Waals surface area contributed by atoms with Gasteiger partial charge in [0.1, 0.15) is 5.75 Å². The van der Waals surface area contributed by atoms with Gasteiger partial charge >= 0.3 is 0 Å². The summed E-state index contributed by atoms with van der Waals surface area (Å²) in [6, 6.07) is 11.6. The number of halogens is 1. The molecule has 19 heavy (non-hydrogen) atoms. The Morgan fingerprint density at radius 1 is 1.21 bits per heavy atom. The number of methoxy groups -OCH3 is 1. The molecule has 2 aromatic rings. The van der Waals surface area contributed by atoms with E-state index in [2.05, 4.69) is 10.3 Å². The van der Waals surface area contributed by atoms with Crippen LogP contribution in [-0.4, -0.2) is 18.6 Å². The SMILES string of the molecule is COc1cccc(Cl)c1CNCCc1ccccn1. The van der Waals surface area contributed by atoms with Crippen molar-refractivity contribution in [2.45, 2.75) is 13.0 Å². The molecular formula is C15H17ClN2O. The van der Waals surface area contributed by atoms with Crippen LogP contribution < -0.4 is 10.1 Å². The van der Waals surface area contributed by atoms with Crippen molar-refractivity contribution in [2.75, 3.05) is 13.7 Å². The number of hydrogen-bond acceptors (Lipinski definition) is 3. The molecule has 0 aliphatic rings. The van der Waals surface area contributed by atoms with Crippen molar-refractivity contribution in [1.29, 1.82) is 0 Å². The zero-order valence-electron chi connectivity index (χ0n) is 10.9. The maximum atomic E-state index is 6.17. The average Bonchev–Trinajstić information content (AvgIpc) is 2.46. The Morgan fingerprint density at radius 2 is 2.11 bits per heavy atom. The van der Waals surface area contributed by atoms with Gasteiger partial charge in [-0.25, -0.2) is 0 Å². The first-order valence-corrected chi connectivity index (χ1v) is 6.61. The van der Waals surface area contributed by atoms with Crippen LogP contribution in [0.2, 0.25) is 5.02 Å². The van der Waals surface area contributed by atoms with Crippen LogP contribution in [0.1, 0.15) is 11.3 Å². The lowest BCUT2D eigenvalue weighted by atomic mass is 10.2. The molecule has 0 atom stereocenters. The van der Waals surface area contributed by atoms with E-state index in [1.807, 2.05) is 42.6 Å². The van der Waals surface area contributed by atoms with E-state index in [1.165, 1.54) is 0 Å². The highest BCUT2D eigenvalue weighted by Gasteiger charge is 2.06. The van der Waals surface area contributed by atoms with Crippen LogP contribution in [0.5, 0.6) is 5.75 Å². The number of pyridine rings is 1. The highest BCUT2D eigenvalue weighted by Crippen LogP contribution is 2.25. The summed E-state index contributed by atoms with van der Waals surface area (Å²) < 4.78 is 5.30. The standard InChI is InChI=1S/C15H17ClN2O/c1-19-15-7-4-6-14(16)13(15)11-17-10-8-12-5-2-3-9-18-12/h2-7,9,17H,8,10-11H2,1H3. The van der Waals surface area contributed by atoms with Crippen LogP contribution >= 0.6 is 11.6 Å². The molecule has 1 aromatic carbocycles. The molecule has 4 heteroatoms. The predicted molar refractivity (Wildman–Crippen MR) is 77.7 cm³/mol. The van der Waals surface area contributed by atoms with Gasteiger partial charge in [0, 0.05) is 42.0 Å². The maximum absolute atomic E-state index is 6.17. The van der Waals surface area contributed by atoms with Gasteiger partial charge in [-0.2, -0.15) is 0 Å². The number of benzene rings is 1. The highest BCUT2D eigenvalue weighted by molar-refractivity contribution is 6.31. The first kappa shape index (κ1) is 13.8. The first-order chi connectivity index (χ1) is 9.31. The van der Waals surface area contributed by atoms with Crippen molar-refractivity contribution in [3.05, 3.63) is 58.9 Å². The molecule has 1 heterocycles. The van der Waals surface area contributed by atoms with E-state index in [9.17, 15) is 0 Å². The normalized spacial score (nSPS) is 10.4. The van der Waals surface area contributed by atoms with E-state index in [4.69, 9.17) is 16.3 Å². The van der Waals surface area contributed by atoms with E-state index in [1.54, 1.807) is 7.11 Å². The predicted octanol–water partition coefficient (Wildman–Crippen LogP) is 3.08. The fourth-order valence-corrected chi connectivity index (χ4v) is 2.11. The molecule has 0 saturated heterocycles. The minimum absolute atomic E-state index is 0.690. The van der Waals surface area contributed by atoms with Crippen LogP contribution in [0, 0.1) is 0 Å². The van der Waals surface area contributed by atoms with Gasteiger partial charge in [-0.3, -0.25) is 4.98 Å². The summed E-state index contributed by atoms with van der Waals surface area (Å²) in [6.45, 7) is 1.54. The summed E-state index contributed by atoms with van der Waals surface area (Å²) in [5.41, 5.74) is 2.08. The molecule has 3 nitrogen and oxygen atoms in total. The van der Waals surface area contributed by atoms with Crippen LogP contribution in [0.4, 0.5) is 0 Å². The summed E-state index contributed by atoms with van der Waals surface area (Å²) in [5, 5.41) is 4.09. The maximum Gasteiger partial charge on any atom is 0.124 e. The van der Waals surface area contributed by atoms with E-state index in [-0.39, 0.29) is 0 Å². The van der Waals surface area contributed by atoms with Gasteiger partial charge in [-0.05, 0) is 24.3 Å². The van der Waals surface area contributed by atoms with Crippen LogP contribution in [0.15, 0.2) is 42.6 Å². The van der Waals surface area contributed by atoms with Crippen molar-refractivity contribution in [3.63, 3.8) is 0 Å². The van der Waals surface area contributed by atoms with Gasteiger partial charge in [-0.1, -0.05) is 23.7 Å². The number of hydrogen-bond donors (Lipinski definition) is 1. The van der Waals surface area contributed by atoms with Crippen molar-refractivity contribution in [2.24, 2.45) is 0 Å².